The predicted molar refractivity (Wildman–Crippen MR) is 132 cm³/mol. The summed E-state index contributed by atoms with van der Waals surface area (Å²) in [6.07, 6.45) is 17.8. The van der Waals surface area contributed by atoms with E-state index in [4.69, 9.17) is 14.2 Å². The molecular weight excluding hydrogens is 420 g/mol. The van der Waals surface area contributed by atoms with E-state index < -0.39 is 6.10 Å². The van der Waals surface area contributed by atoms with Crippen LogP contribution >= 0.6 is 0 Å². The Labute approximate surface area is 202 Å². The van der Waals surface area contributed by atoms with Crippen LogP contribution in [0.1, 0.15) is 136 Å². The molecule has 0 fully saturated rings. The van der Waals surface area contributed by atoms with E-state index in [9.17, 15) is 14.4 Å². The zero-order chi connectivity index (χ0) is 24.6. The van der Waals surface area contributed by atoms with Gasteiger partial charge in [0.1, 0.15) is 13.2 Å². The number of esters is 3. The summed E-state index contributed by atoms with van der Waals surface area (Å²) in [6.45, 7) is 5.87. The Morgan fingerprint density at radius 3 is 1.27 bits per heavy atom. The maximum atomic E-state index is 12.2. The summed E-state index contributed by atoms with van der Waals surface area (Å²) in [5.74, 6) is -1.01. The highest BCUT2D eigenvalue weighted by atomic mass is 16.6. The Hall–Kier alpha value is -1.59. The number of hydrogen-bond acceptors (Lipinski definition) is 6. The van der Waals surface area contributed by atoms with Gasteiger partial charge in [0.05, 0.1) is 0 Å². The molecule has 194 valence electrons. The average Bonchev–Trinajstić information content (AvgIpc) is 2.79. The Morgan fingerprint density at radius 2 is 0.879 bits per heavy atom. The Bertz CT molecular complexity index is 469. The second kappa shape index (κ2) is 23.6. The molecule has 0 bridgehead atoms. The highest BCUT2D eigenvalue weighted by molar-refractivity contribution is 5.71. The van der Waals surface area contributed by atoms with Crippen molar-refractivity contribution in [2.45, 2.75) is 142 Å². The molecule has 0 radical (unpaired) electrons. The first-order valence-electron chi connectivity index (χ1n) is 13.5. The van der Waals surface area contributed by atoms with E-state index in [-0.39, 0.29) is 31.1 Å². The van der Waals surface area contributed by atoms with Gasteiger partial charge in [0.2, 0.25) is 0 Å². The summed E-state index contributed by atoms with van der Waals surface area (Å²) in [7, 11) is 0. The van der Waals surface area contributed by atoms with Crippen LogP contribution in [0.25, 0.3) is 0 Å². The molecule has 0 aromatic rings. The third kappa shape index (κ3) is 22.0. The van der Waals surface area contributed by atoms with Crippen LogP contribution in [0.15, 0.2) is 0 Å². The maximum Gasteiger partial charge on any atom is 0.306 e. The van der Waals surface area contributed by atoms with Gasteiger partial charge >= 0.3 is 17.9 Å². The van der Waals surface area contributed by atoms with Crippen molar-refractivity contribution < 1.29 is 28.6 Å². The van der Waals surface area contributed by atoms with Gasteiger partial charge in [-0.15, -0.1) is 0 Å². The lowest BCUT2D eigenvalue weighted by Crippen LogP contribution is -2.30. The number of rotatable bonds is 23. The highest BCUT2D eigenvalue weighted by Gasteiger charge is 2.19. The molecule has 0 aromatic heterocycles. The van der Waals surface area contributed by atoms with Crippen molar-refractivity contribution in [2.24, 2.45) is 0 Å². The number of hydrogen-bond donors (Lipinski definition) is 0. The van der Waals surface area contributed by atoms with Crippen molar-refractivity contribution in [1.29, 1.82) is 0 Å². The standard InChI is InChI=1S/C27H50O6/c1-4-7-8-9-10-11-12-13-14-15-16-17-18-21-27(30)33-24(22-31-25(28)19-5-2)23-32-26(29)20-6-3/h24H,4-23H2,1-3H3. The molecule has 0 unspecified atom stereocenters. The van der Waals surface area contributed by atoms with E-state index in [1.807, 2.05) is 13.8 Å². The second-order valence-corrected chi connectivity index (χ2v) is 8.97. The number of carbonyl (C=O) groups excluding carboxylic acids is 3. The minimum atomic E-state index is -0.749. The molecule has 0 heterocycles. The molecule has 0 N–H and O–H groups in total. The minimum Gasteiger partial charge on any atom is -0.462 e. The van der Waals surface area contributed by atoms with Gasteiger partial charge < -0.3 is 14.2 Å². The third-order valence-electron chi connectivity index (χ3n) is 5.55. The van der Waals surface area contributed by atoms with Crippen molar-refractivity contribution in [3.8, 4) is 0 Å². The van der Waals surface area contributed by atoms with Gasteiger partial charge in [0.15, 0.2) is 6.10 Å². The van der Waals surface area contributed by atoms with Gasteiger partial charge in [-0.2, -0.15) is 0 Å². The van der Waals surface area contributed by atoms with Gasteiger partial charge in [-0.1, -0.05) is 97.8 Å². The molecule has 0 saturated carbocycles. The summed E-state index contributed by atoms with van der Waals surface area (Å²) < 4.78 is 15.7. The average molecular weight is 471 g/mol. The fourth-order valence-corrected chi connectivity index (χ4v) is 3.57. The molecule has 0 rings (SSSR count). The molecule has 0 saturated heterocycles. The molecule has 0 atom stereocenters. The smallest absolute Gasteiger partial charge is 0.306 e. The summed E-state index contributed by atoms with van der Waals surface area (Å²) >= 11 is 0. The van der Waals surface area contributed by atoms with Crippen LogP contribution in [0.4, 0.5) is 0 Å². The minimum absolute atomic E-state index is 0.0808. The fourth-order valence-electron chi connectivity index (χ4n) is 3.57. The van der Waals surface area contributed by atoms with Crippen LogP contribution in [0.2, 0.25) is 0 Å². The van der Waals surface area contributed by atoms with Gasteiger partial charge in [-0.05, 0) is 19.3 Å². The molecule has 0 amide bonds. The monoisotopic (exact) mass is 470 g/mol. The van der Waals surface area contributed by atoms with E-state index >= 15 is 0 Å². The fraction of sp³-hybridized carbons (Fsp3) is 0.889. The molecule has 0 aliphatic rings. The molecule has 6 nitrogen and oxygen atoms in total. The van der Waals surface area contributed by atoms with Gasteiger partial charge in [0.25, 0.3) is 0 Å². The first kappa shape index (κ1) is 31.4. The van der Waals surface area contributed by atoms with E-state index in [2.05, 4.69) is 6.92 Å². The van der Waals surface area contributed by atoms with E-state index in [0.717, 1.165) is 19.3 Å². The van der Waals surface area contributed by atoms with E-state index in [1.165, 1.54) is 64.2 Å². The molecule has 0 spiro atoms. The lowest BCUT2D eigenvalue weighted by molar-refractivity contribution is -0.166. The summed E-state index contributed by atoms with van der Waals surface area (Å²) in [6, 6.07) is 0. The van der Waals surface area contributed by atoms with E-state index in [0.29, 0.717) is 32.1 Å². The van der Waals surface area contributed by atoms with Gasteiger partial charge in [0, 0.05) is 19.3 Å². The number of carbonyl (C=O) groups is 3. The molecule has 33 heavy (non-hydrogen) atoms. The van der Waals surface area contributed by atoms with Gasteiger partial charge in [-0.3, -0.25) is 14.4 Å². The van der Waals surface area contributed by atoms with Crippen LogP contribution in [-0.2, 0) is 28.6 Å². The largest absolute Gasteiger partial charge is 0.462 e. The Balaban J connectivity index is 3.91. The van der Waals surface area contributed by atoms with Crippen molar-refractivity contribution in [1.82, 2.24) is 0 Å². The van der Waals surface area contributed by atoms with Crippen molar-refractivity contribution in [3.05, 3.63) is 0 Å². The Kier molecular flexibility index (Phi) is 22.4. The van der Waals surface area contributed by atoms with Crippen molar-refractivity contribution >= 4 is 17.9 Å². The zero-order valence-corrected chi connectivity index (χ0v) is 21.7. The molecular formula is C27H50O6. The first-order chi connectivity index (χ1) is 16.0. The number of ether oxygens (including phenoxy) is 3. The van der Waals surface area contributed by atoms with Crippen LogP contribution < -0.4 is 0 Å². The third-order valence-corrected chi connectivity index (χ3v) is 5.55. The number of unbranched alkanes of at least 4 members (excludes halogenated alkanes) is 12. The summed E-state index contributed by atoms with van der Waals surface area (Å²) in [5.41, 5.74) is 0. The molecule has 0 aromatic carbocycles. The molecule has 0 aliphatic heterocycles. The van der Waals surface area contributed by atoms with Crippen LogP contribution in [0.5, 0.6) is 0 Å². The van der Waals surface area contributed by atoms with Crippen LogP contribution in [0, 0.1) is 0 Å². The lowest BCUT2D eigenvalue weighted by Gasteiger charge is -2.18. The quantitative estimate of drug-likeness (QED) is 0.0903. The first-order valence-corrected chi connectivity index (χ1v) is 13.5. The lowest BCUT2D eigenvalue weighted by atomic mass is 10.0. The van der Waals surface area contributed by atoms with Gasteiger partial charge in [-0.25, -0.2) is 0 Å². The molecule has 0 aliphatic carbocycles. The normalized spacial score (nSPS) is 10.9. The predicted octanol–water partition coefficient (Wildman–Crippen LogP) is 7.07. The Morgan fingerprint density at radius 1 is 0.485 bits per heavy atom. The highest BCUT2D eigenvalue weighted by Crippen LogP contribution is 2.13. The van der Waals surface area contributed by atoms with Crippen LogP contribution in [0.3, 0.4) is 0 Å². The topological polar surface area (TPSA) is 78.9 Å². The van der Waals surface area contributed by atoms with Crippen molar-refractivity contribution in [3.63, 3.8) is 0 Å². The summed E-state index contributed by atoms with van der Waals surface area (Å²) in [5, 5.41) is 0. The molecule has 6 heteroatoms. The van der Waals surface area contributed by atoms with Crippen LogP contribution in [-0.4, -0.2) is 37.2 Å². The zero-order valence-electron chi connectivity index (χ0n) is 21.7. The SMILES string of the molecule is CCCCCCCCCCCCCCCC(=O)OC(COC(=O)CCC)COC(=O)CCC. The second-order valence-electron chi connectivity index (χ2n) is 8.97. The summed E-state index contributed by atoms with van der Waals surface area (Å²) in [4.78, 5) is 35.4. The van der Waals surface area contributed by atoms with E-state index in [1.54, 1.807) is 0 Å². The van der Waals surface area contributed by atoms with Crippen molar-refractivity contribution in [2.75, 3.05) is 13.2 Å². The maximum absolute atomic E-state index is 12.2.